The van der Waals surface area contributed by atoms with Gasteiger partial charge in [-0.05, 0) is 34.4 Å². The first-order chi connectivity index (χ1) is 12.8. The van der Waals surface area contributed by atoms with Crippen molar-refractivity contribution >= 4 is 28.6 Å². The molecule has 0 aliphatic heterocycles. The molecular weight excluding hydrogens is 360 g/mol. The number of rotatable bonds is 5. The third kappa shape index (κ3) is 3.96. The number of nitrogens with zero attached hydrogens (tertiary/aromatic N) is 1. The van der Waals surface area contributed by atoms with Gasteiger partial charge in [0.25, 0.3) is 0 Å². The number of hydrogen-bond acceptors (Lipinski definition) is 3. The maximum atomic E-state index is 5.86. The third-order valence-corrected chi connectivity index (χ3v) is 5.32. The SMILES string of the molecule is Clc1ncc(CNc2ccc(-c3ccc(-c4ccccc4)cc3)cc2)s1. The van der Waals surface area contributed by atoms with Gasteiger partial charge in [-0.3, -0.25) is 0 Å². The Morgan fingerprint density at radius 1 is 0.731 bits per heavy atom. The van der Waals surface area contributed by atoms with Gasteiger partial charge in [0.2, 0.25) is 0 Å². The molecular formula is C22H17ClN2S. The zero-order valence-corrected chi connectivity index (χ0v) is 15.6. The minimum atomic E-state index is 0.580. The standard InChI is InChI=1S/C22H17ClN2S/c23-22-25-15-21(26-22)14-24-20-12-10-19(11-13-20)18-8-6-17(7-9-18)16-4-2-1-3-5-16/h1-13,15,24H,14H2. The highest BCUT2D eigenvalue weighted by molar-refractivity contribution is 7.15. The fraction of sp³-hybridized carbons (Fsp3) is 0.0455. The normalized spacial score (nSPS) is 10.7. The Hall–Kier alpha value is -2.62. The molecule has 0 aliphatic rings. The summed E-state index contributed by atoms with van der Waals surface area (Å²) in [5.74, 6) is 0. The fourth-order valence-corrected chi connectivity index (χ4v) is 3.74. The first-order valence-electron chi connectivity index (χ1n) is 8.38. The molecule has 4 aromatic rings. The van der Waals surface area contributed by atoms with Crippen LogP contribution in [0.15, 0.2) is 85.1 Å². The van der Waals surface area contributed by atoms with Crippen molar-refractivity contribution in [3.8, 4) is 22.3 Å². The van der Waals surface area contributed by atoms with Crippen molar-refractivity contribution in [3.63, 3.8) is 0 Å². The summed E-state index contributed by atoms with van der Waals surface area (Å²) in [7, 11) is 0. The van der Waals surface area contributed by atoms with Crippen molar-refractivity contribution in [1.29, 1.82) is 0 Å². The predicted molar refractivity (Wildman–Crippen MR) is 112 cm³/mol. The summed E-state index contributed by atoms with van der Waals surface area (Å²) in [6.07, 6.45) is 1.81. The Labute approximate surface area is 162 Å². The molecule has 0 fully saturated rings. The van der Waals surface area contributed by atoms with Gasteiger partial charge >= 0.3 is 0 Å². The topological polar surface area (TPSA) is 24.9 Å². The molecule has 1 N–H and O–H groups in total. The smallest absolute Gasteiger partial charge is 0.183 e. The molecule has 0 aliphatic carbocycles. The van der Waals surface area contributed by atoms with Gasteiger partial charge in [-0.15, -0.1) is 11.3 Å². The minimum Gasteiger partial charge on any atom is -0.380 e. The van der Waals surface area contributed by atoms with Crippen molar-refractivity contribution in [2.45, 2.75) is 6.54 Å². The van der Waals surface area contributed by atoms with E-state index in [2.05, 4.69) is 83.1 Å². The second-order valence-electron chi connectivity index (χ2n) is 5.95. The van der Waals surface area contributed by atoms with Crippen LogP contribution >= 0.6 is 22.9 Å². The van der Waals surface area contributed by atoms with E-state index in [4.69, 9.17) is 11.6 Å². The van der Waals surface area contributed by atoms with E-state index < -0.39 is 0 Å². The zero-order chi connectivity index (χ0) is 17.8. The summed E-state index contributed by atoms with van der Waals surface area (Å²) in [5, 5.41) is 3.40. The maximum Gasteiger partial charge on any atom is 0.183 e. The molecule has 1 aromatic heterocycles. The van der Waals surface area contributed by atoms with Crippen LogP contribution in [-0.4, -0.2) is 4.98 Å². The maximum absolute atomic E-state index is 5.86. The van der Waals surface area contributed by atoms with Gasteiger partial charge in [0, 0.05) is 16.8 Å². The van der Waals surface area contributed by atoms with Crippen LogP contribution in [0.3, 0.4) is 0 Å². The molecule has 4 heteroatoms. The van der Waals surface area contributed by atoms with E-state index in [0.717, 1.165) is 17.1 Å². The van der Waals surface area contributed by atoms with Gasteiger partial charge < -0.3 is 5.32 Å². The highest BCUT2D eigenvalue weighted by Gasteiger charge is 2.02. The molecule has 4 rings (SSSR count). The number of nitrogens with one attached hydrogen (secondary N) is 1. The summed E-state index contributed by atoms with van der Waals surface area (Å²) >= 11 is 7.36. The molecule has 0 atom stereocenters. The number of thiazole rings is 1. The summed E-state index contributed by atoms with van der Waals surface area (Å²) in [5.41, 5.74) is 5.97. The summed E-state index contributed by atoms with van der Waals surface area (Å²) < 4.78 is 0.580. The molecule has 0 bridgehead atoms. The second kappa shape index (κ2) is 7.73. The number of halogens is 1. The van der Waals surface area contributed by atoms with Crippen LogP contribution < -0.4 is 5.32 Å². The number of benzene rings is 3. The Balaban J connectivity index is 1.44. The van der Waals surface area contributed by atoms with Crippen LogP contribution in [0.2, 0.25) is 4.47 Å². The highest BCUT2D eigenvalue weighted by Crippen LogP contribution is 2.26. The van der Waals surface area contributed by atoms with Crippen LogP contribution in [0.25, 0.3) is 22.3 Å². The highest BCUT2D eigenvalue weighted by atomic mass is 35.5. The average molecular weight is 377 g/mol. The lowest BCUT2D eigenvalue weighted by molar-refractivity contribution is 1.17. The van der Waals surface area contributed by atoms with Crippen molar-refractivity contribution in [1.82, 2.24) is 4.98 Å². The molecule has 0 spiro atoms. The summed E-state index contributed by atoms with van der Waals surface area (Å²) in [4.78, 5) is 5.18. The van der Waals surface area contributed by atoms with Crippen LogP contribution in [-0.2, 0) is 6.54 Å². The van der Waals surface area contributed by atoms with E-state index in [1.807, 2.05) is 12.3 Å². The molecule has 3 aromatic carbocycles. The molecule has 2 nitrogen and oxygen atoms in total. The lowest BCUT2D eigenvalue weighted by atomic mass is 10.0. The predicted octanol–water partition coefficient (Wildman–Crippen LogP) is 6.74. The summed E-state index contributed by atoms with van der Waals surface area (Å²) in [6.45, 7) is 0.732. The molecule has 0 unspecified atom stereocenters. The average Bonchev–Trinajstić information content (AvgIpc) is 3.13. The van der Waals surface area contributed by atoms with Crippen molar-refractivity contribution < 1.29 is 0 Å². The third-order valence-electron chi connectivity index (χ3n) is 4.20. The van der Waals surface area contributed by atoms with Crippen molar-refractivity contribution in [2.75, 3.05) is 5.32 Å². The van der Waals surface area contributed by atoms with Gasteiger partial charge in [0.15, 0.2) is 4.47 Å². The Kier molecular flexibility index (Phi) is 5.00. The number of anilines is 1. The summed E-state index contributed by atoms with van der Waals surface area (Å²) in [6, 6.07) is 27.6. The van der Waals surface area contributed by atoms with Crippen LogP contribution in [0.1, 0.15) is 4.88 Å². The monoisotopic (exact) mass is 376 g/mol. The molecule has 0 amide bonds. The first kappa shape index (κ1) is 16.8. The second-order valence-corrected chi connectivity index (χ2v) is 7.65. The van der Waals surface area contributed by atoms with E-state index in [1.54, 1.807) is 0 Å². The van der Waals surface area contributed by atoms with E-state index in [9.17, 15) is 0 Å². The zero-order valence-electron chi connectivity index (χ0n) is 14.0. The Bertz CT molecular complexity index is 977. The van der Waals surface area contributed by atoms with Gasteiger partial charge in [-0.1, -0.05) is 78.3 Å². The molecule has 1 heterocycles. The first-order valence-corrected chi connectivity index (χ1v) is 9.57. The van der Waals surface area contributed by atoms with Crippen LogP contribution in [0.4, 0.5) is 5.69 Å². The van der Waals surface area contributed by atoms with Gasteiger partial charge in [-0.25, -0.2) is 4.98 Å². The van der Waals surface area contributed by atoms with Gasteiger partial charge in [-0.2, -0.15) is 0 Å². The fourth-order valence-electron chi connectivity index (χ4n) is 2.82. The van der Waals surface area contributed by atoms with E-state index >= 15 is 0 Å². The molecule has 26 heavy (non-hydrogen) atoms. The van der Waals surface area contributed by atoms with Gasteiger partial charge in [0.1, 0.15) is 0 Å². The molecule has 0 radical (unpaired) electrons. The van der Waals surface area contributed by atoms with E-state index in [0.29, 0.717) is 4.47 Å². The van der Waals surface area contributed by atoms with Gasteiger partial charge in [0.05, 0.1) is 6.54 Å². The lowest BCUT2D eigenvalue weighted by Crippen LogP contribution is -1.96. The lowest BCUT2D eigenvalue weighted by Gasteiger charge is -2.08. The molecule has 0 saturated carbocycles. The van der Waals surface area contributed by atoms with Crippen molar-refractivity contribution in [2.24, 2.45) is 0 Å². The minimum absolute atomic E-state index is 0.580. The van der Waals surface area contributed by atoms with E-state index in [1.165, 1.54) is 33.6 Å². The van der Waals surface area contributed by atoms with Crippen molar-refractivity contribution in [3.05, 3.63) is 94.4 Å². The largest absolute Gasteiger partial charge is 0.380 e. The number of aromatic nitrogens is 1. The molecule has 128 valence electrons. The Morgan fingerprint density at radius 2 is 1.27 bits per heavy atom. The quantitative estimate of drug-likeness (QED) is 0.417. The van der Waals surface area contributed by atoms with Crippen LogP contribution in [0, 0.1) is 0 Å². The van der Waals surface area contributed by atoms with E-state index in [-0.39, 0.29) is 0 Å². The molecule has 0 saturated heterocycles. The van der Waals surface area contributed by atoms with Crippen LogP contribution in [0.5, 0.6) is 0 Å². The number of hydrogen-bond donors (Lipinski definition) is 1. The Morgan fingerprint density at radius 3 is 1.81 bits per heavy atom.